The largest absolute Gasteiger partial charge is 0.497 e. The number of methoxy groups -OCH3 is 3. The molecule has 3 aromatic carbocycles. The van der Waals surface area contributed by atoms with Crippen molar-refractivity contribution in [1.29, 1.82) is 0 Å². The van der Waals surface area contributed by atoms with Crippen LogP contribution in [0.4, 0.5) is 0 Å². The molecule has 0 amide bonds. The van der Waals surface area contributed by atoms with Crippen LogP contribution < -0.4 is 23.7 Å². The molecule has 1 aromatic heterocycles. The van der Waals surface area contributed by atoms with Crippen LogP contribution in [0.2, 0.25) is 0 Å². The van der Waals surface area contributed by atoms with Crippen molar-refractivity contribution in [3.05, 3.63) is 83.1 Å². The van der Waals surface area contributed by atoms with Gasteiger partial charge in [-0.25, -0.2) is 4.79 Å². The van der Waals surface area contributed by atoms with Crippen LogP contribution in [0, 0.1) is 6.92 Å². The number of ether oxygens (including phenoxy) is 5. The SMILES string of the molecule is CCOc1ccc2oc(C)c(C(=O)Oc3ccc(C=CC(=O)c4cc(OC)ccc4OC)cc3OC)c2c1. The molecule has 38 heavy (non-hydrogen) atoms. The molecule has 8 nitrogen and oxygen atoms in total. The Hall–Kier alpha value is -4.72. The van der Waals surface area contributed by atoms with Gasteiger partial charge in [0, 0.05) is 5.39 Å². The van der Waals surface area contributed by atoms with Crippen LogP contribution in [-0.4, -0.2) is 39.7 Å². The zero-order valence-corrected chi connectivity index (χ0v) is 21.8. The maximum absolute atomic E-state index is 13.2. The summed E-state index contributed by atoms with van der Waals surface area (Å²) < 4.78 is 33.0. The van der Waals surface area contributed by atoms with Crippen LogP contribution in [0.1, 0.15) is 39.0 Å². The van der Waals surface area contributed by atoms with Crippen LogP contribution in [0.5, 0.6) is 28.7 Å². The predicted molar refractivity (Wildman–Crippen MR) is 143 cm³/mol. The standard InChI is InChI=1S/C30H28O8/c1-6-36-21-10-14-26-23(17-21)29(18(2)37-26)30(32)38-27-12-8-19(15-28(27)35-5)7-11-24(31)22-16-20(33-3)9-13-25(22)34-4/h7-17H,6H2,1-5H3. The van der Waals surface area contributed by atoms with Gasteiger partial charge in [0.25, 0.3) is 0 Å². The summed E-state index contributed by atoms with van der Waals surface area (Å²) in [6.07, 6.45) is 3.06. The molecule has 196 valence electrons. The number of esters is 1. The van der Waals surface area contributed by atoms with Crippen molar-refractivity contribution in [2.75, 3.05) is 27.9 Å². The Morgan fingerprint density at radius 3 is 2.29 bits per heavy atom. The van der Waals surface area contributed by atoms with Crippen molar-refractivity contribution in [3.63, 3.8) is 0 Å². The quantitative estimate of drug-likeness (QED) is 0.105. The van der Waals surface area contributed by atoms with Crippen molar-refractivity contribution in [2.24, 2.45) is 0 Å². The monoisotopic (exact) mass is 516 g/mol. The fourth-order valence-corrected chi connectivity index (χ4v) is 4.00. The molecule has 0 bridgehead atoms. The summed E-state index contributed by atoms with van der Waals surface area (Å²) in [4.78, 5) is 26.0. The molecule has 0 radical (unpaired) electrons. The highest BCUT2D eigenvalue weighted by Crippen LogP contribution is 2.33. The van der Waals surface area contributed by atoms with Gasteiger partial charge in [0.2, 0.25) is 0 Å². The normalized spacial score (nSPS) is 11.0. The summed E-state index contributed by atoms with van der Waals surface area (Å²) >= 11 is 0. The van der Waals surface area contributed by atoms with E-state index in [1.165, 1.54) is 27.4 Å². The molecule has 8 heteroatoms. The first-order valence-corrected chi connectivity index (χ1v) is 11.9. The van der Waals surface area contributed by atoms with Crippen molar-refractivity contribution >= 4 is 28.8 Å². The fourth-order valence-electron chi connectivity index (χ4n) is 4.00. The summed E-state index contributed by atoms with van der Waals surface area (Å²) in [7, 11) is 4.50. The number of hydrogen-bond donors (Lipinski definition) is 0. The summed E-state index contributed by atoms with van der Waals surface area (Å²) in [5.74, 6) is 1.76. The van der Waals surface area contributed by atoms with Gasteiger partial charge in [-0.2, -0.15) is 0 Å². The van der Waals surface area contributed by atoms with Gasteiger partial charge in [-0.3, -0.25) is 4.79 Å². The number of benzene rings is 3. The number of ketones is 1. The molecule has 0 fully saturated rings. The Bertz CT molecular complexity index is 1510. The molecule has 0 N–H and O–H groups in total. The average molecular weight is 517 g/mol. The molecule has 0 atom stereocenters. The van der Waals surface area contributed by atoms with Crippen molar-refractivity contribution in [1.82, 2.24) is 0 Å². The molecule has 1 heterocycles. The third-order valence-electron chi connectivity index (χ3n) is 5.84. The van der Waals surface area contributed by atoms with Crippen LogP contribution in [0.15, 0.2) is 65.1 Å². The first-order chi connectivity index (χ1) is 18.4. The van der Waals surface area contributed by atoms with E-state index in [0.717, 1.165) is 0 Å². The summed E-state index contributed by atoms with van der Waals surface area (Å²) in [6, 6.07) is 15.3. The minimum Gasteiger partial charge on any atom is -0.497 e. The van der Waals surface area contributed by atoms with Gasteiger partial charge >= 0.3 is 5.97 Å². The lowest BCUT2D eigenvalue weighted by molar-refractivity contribution is 0.0729. The van der Waals surface area contributed by atoms with E-state index in [2.05, 4.69) is 0 Å². The highest BCUT2D eigenvalue weighted by Gasteiger charge is 2.22. The second kappa shape index (κ2) is 11.6. The number of carbonyl (C=O) groups is 2. The third-order valence-corrected chi connectivity index (χ3v) is 5.84. The topological polar surface area (TPSA) is 93.4 Å². The zero-order chi connectivity index (χ0) is 27.2. The van der Waals surface area contributed by atoms with Gasteiger partial charge in [0.05, 0.1) is 33.5 Å². The Morgan fingerprint density at radius 2 is 1.58 bits per heavy atom. The molecule has 0 aliphatic rings. The minimum absolute atomic E-state index is 0.227. The van der Waals surface area contributed by atoms with Crippen molar-refractivity contribution < 1.29 is 37.7 Å². The van der Waals surface area contributed by atoms with Gasteiger partial charge in [-0.05, 0) is 74.0 Å². The second-order valence-corrected chi connectivity index (χ2v) is 8.19. The molecule has 0 spiro atoms. The highest BCUT2D eigenvalue weighted by atomic mass is 16.6. The van der Waals surface area contributed by atoms with Gasteiger partial charge < -0.3 is 28.1 Å². The van der Waals surface area contributed by atoms with E-state index in [1.54, 1.807) is 67.6 Å². The molecule has 0 aliphatic heterocycles. The number of fused-ring (bicyclic) bond motifs is 1. The number of furan rings is 1. The van der Waals surface area contributed by atoms with E-state index in [4.69, 9.17) is 28.1 Å². The molecule has 0 saturated heterocycles. The Labute approximate surface area is 220 Å². The molecular formula is C30H28O8. The van der Waals surface area contributed by atoms with E-state index in [9.17, 15) is 9.59 Å². The number of rotatable bonds is 10. The third kappa shape index (κ3) is 5.49. The first-order valence-electron chi connectivity index (χ1n) is 11.9. The van der Waals surface area contributed by atoms with Crippen LogP contribution in [0.3, 0.4) is 0 Å². The van der Waals surface area contributed by atoms with E-state index in [1.807, 2.05) is 6.92 Å². The smallest absolute Gasteiger partial charge is 0.347 e. The van der Waals surface area contributed by atoms with E-state index in [0.29, 0.717) is 63.0 Å². The molecule has 4 aromatic rings. The fraction of sp³-hybridized carbons (Fsp3) is 0.200. The van der Waals surface area contributed by atoms with Gasteiger partial charge in [0.15, 0.2) is 17.3 Å². The minimum atomic E-state index is -0.586. The Morgan fingerprint density at radius 1 is 0.842 bits per heavy atom. The molecule has 0 saturated carbocycles. The molecule has 4 rings (SSSR count). The summed E-state index contributed by atoms with van der Waals surface area (Å²) in [5, 5.41) is 0.600. The molecule has 0 aliphatic carbocycles. The van der Waals surface area contributed by atoms with E-state index >= 15 is 0 Å². The zero-order valence-electron chi connectivity index (χ0n) is 21.8. The van der Waals surface area contributed by atoms with Gasteiger partial charge in [0.1, 0.15) is 34.2 Å². The number of hydrogen-bond acceptors (Lipinski definition) is 8. The summed E-state index contributed by atoms with van der Waals surface area (Å²) in [6.45, 7) is 4.09. The van der Waals surface area contributed by atoms with E-state index < -0.39 is 5.97 Å². The highest BCUT2D eigenvalue weighted by molar-refractivity contribution is 6.09. The first kappa shape index (κ1) is 26.3. The Balaban J connectivity index is 1.57. The lowest BCUT2D eigenvalue weighted by Gasteiger charge is -2.10. The van der Waals surface area contributed by atoms with E-state index in [-0.39, 0.29) is 11.5 Å². The lowest BCUT2D eigenvalue weighted by Crippen LogP contribution is -2.10. The van der Waals surface area contributed by atoms with Crippen LogP contribution in [0.25, 0.3) is 17.0 Å². The average Bonchev–Trinajstić information content (AvgIpc) is 3.26. The maximum Gasteiger partial charge on any atom is 0.347 e. The Kier molecular flexibility index (Phi) is 8.01. The van der Waals surface area contributed by atoms with Crippen molar-refractivity contribution in [2.45, 2.75) is 13.8 Å². The predicted octanol–water partition coefficient (Wildman–Crippen LogP) is 6.28. The van der Waals surface area contributed by atoms with Crippen LogP contribution in [-0.2, 0) is 0 Å². The maximum atomic E-state index is 13.2. The van der Waals surface area contributed by atoms with Crippen LogP contribution >= 0.6 is 0 Å². The van der Waals surface area contributed by atoms with Gasteiger partial charge in [-0.15, -0.1) is 0 Å². The molecule has 0 unspecified atom stereocenters. The van der Waals surface area contributed by atoms with Gasteiger partial charge in [-0.1, -0.05) is 12.1 Å². The summed E-state index contributed by atoms with van der Waals surface area (Å²) in [5.41, 5.74) is 1.91. The number of carbonyl (C=O) groups excluding carboxylic acids is 2. The lowest BCUT2D eigenvalue weighted by atomic mass is 10.1. The number of aryl methyl sites for hydroxylation is 1. The second-order valence-electron chi connectivity index (χ2n) is 8.19. The number of allylic oxidation sites excluding steroid dienone is 1. The van der Waals surface area contributed by atoms with Crippen molar-refractivity contribution in [3.8, 4) is 28.7 Å². The molecular weight excluding hydrogens is 488 g/mol.